The highest BCUT2D eigenvalue weighted by molar-refractivity contribution is 5.76. The molecule has 1 aliphatic rings. The van der Waals surface area contributed by atoms with Crippen LogP contribution in [0, 0.1) is 0 Å². The molecule has 0 aliphatic carbocycles. The van der Waals surface area contributed by atoms with E-state index in [9.17, 15) is 30.3 Å². The summed E-state index contributed by atoms with van der Waals surface area (Å²) in [5, 5.41) is 55.0. The molecular formula is C86H169NO8. The number of hydrogen-bond donors (Lipinski definition) is 6. The van der Waals surface area contributed by atoms with Crippen molar-refractivity contribution in [3.8, 4) is 0 Å². The van der Waals surface area contributed by atoms with Crippen LogP contribution in [0.1, 0.15) is 476 Å². The lowest BCUT2D eigenvalue weighted by molar-refractivity contribution is -0.302. The van der Waals surface area contributed by atoms with Crippen molar-refractivity contribution >= 4 is 5.91 Å². The van der Waals surface area contributed by atoms with Gasteiger partial charge in [-0.25, -0.2) is 0 Å². The van der Waals surface area contributed by atoms with E-state index >= 15 is 0 Å². The maximum atomic E-state index is 13.2. The number of rotatable bonds is 79. The first-order chi connectivity index (χ1) is 46.8. The number of unbranched alkanes of at least 4 members (excludes halogenated alkanes) is 69. The summed E-state index contributed by atoms with van der Waals surface area (Å²) in [5.74, 6) is -0.164. The lowest BCUT2D eigenvalue weighted by Gasteiger charge is -2.40. The maximum Gasteiger partial charge on any atom is 0.220 e. The van der Waals surface area contributed by atoms with Crippen molar-refractivity contribution in [3.63, 3.8) is 0 Å². The minimum Gasteiger partial charge on any atom is -0.394 e. The van der Waals surface area contributed by atoms with Gasteiger partial charge in [0.25, 0.3) is 0 Å². The van der Waals surface area contributed by atoms with E-state index in [-0.39, 0.29) is 12.5 Å². The van der Waals surface area contributed by atoms with Gasteiger partial charge >= 0.3 is 0 Å². The van der Waals surface area contributed by atoms with Crippen molar-refractivity contribution < 1.29 is 39.8 Å². The molecule has 0 radical (unpaired) electrons. The summed E-state index contributed by atoms with van der Waals surface area (Å²) in [7, 11) is 0. The Bertz CT molecular complexity index is 1510. The predicted molar refractivity (Wildman–Crippen MR) is 411 cm³/mol. The van der Waals surface area contributed by atoms with Crippen molar-refractivity contribution in [3.05, 3.63) is 12.2 Å². The summed E-state index contributed by atoms with van der Waals surface area (Å²) in [5.41, 5.74) is 0. The molecule has 566 valence electrons. The average molecular weight is 1350 g/mol. The van der Waals surface area contributed by atoms with Crippen LogP contribution >= 0.6 is 0 Å². The van der Waals surface area contributed by atoms with Gasteiger partial charge in [-0.3, -0.25) is 4.79 Å². The molecule has 7 unspecified atom stereocenters. The first kappa shape index (κ1) is 91.9. The molecule has 1 aliphatic heterocycles. The van der Waals surface area contributed by atoms with Crippen molar-refractivity contribution in [2.75, 3.05) is 13.2 Å². The highest BCUT2D eigenvalue weighted by atomic mass is 16.7. The molecule has 1 saturated heterocycles. The highest BCUT2D eigenvalue weighted by Crippen LogP contribution is 2.25. The van der Waals surface area contributed by atoms with Gasteiger partial charge in [-0.1, -0.05) is 463 Å². The molecule has 1 rings (SSSR count). The summed E-state index contributed by atoms with van der Waals surface area (Å²) in [6.45, 7) is 3.86. The Balaban J connectivity index is 2.02. The van der Waals surface area contributed by atoms with Crippen LogP contribution < -0.4 is 5.32 Å². The molecule has 0 bridgehead atoms. The average Bonchev–Trinajstić information content (AvgIpc) is 0.836. The SMILES string of the molecule is CCCCCCCCCCCCCCCCCCCCCCCCCCCCCCCCC/C=C/C(O)C(COC1OC(CO)C(O)C(O)C1O)NC(=O)CCCCCCCCCCCCCCCCCCCCCCCCCCCCCCCCCCCCCCCCC. The Kier molecular flexibility index (Phi) is 73.2. The van der Waals surface area contributed by atoms with Gasteiger partial charge in [0, 0.05) is 6.42 Å². The zero-order valence-corrected chi connectivity index (χ0v) is 64.0. The van der Waals surface area contributed by atoms with Crippen LogP contribution in [-0.4, -0.2) is 87.5 Å². The third kappa shape index (κ3) is 63.6. The fourth-order valence-electron chi connectivity index (χ4n) is 14.6. The molecule has 0 aromatic carbocycles. The Morgan fingerprint density at radius 1 is 0.347 bits per heavy atom. The van der Waals surface area contributed by atoms with Gasteiger partial charge in [0.1, 0.15) is 24.4 Å². The van der Waals surface area contributed by atoms with E-state index in [0.717, 1.165) is 38.5 Å². The quantitative estimate of drug-likeness (QED) is 0.0261. The topological polar surface area (TPSA) is 149 Å². The lowest BCUT2D eigenvalue weighted by atomic mass is 9.99. The Hall–Kier alpha value is -1.07. The zero-order chi connectivity index (χ0) is 68.5. The van der Waals surface area contributed by atoms with Gasteiger partial charge < -0.3 is 40.3 Å². The van der Waals surface area contributed by atoms with Gasteiger partial charge in [0.2, 0.25) is 5.91 Å². The number of aliphatic hydroxyl groups is 5. The number of ether oxygens (including phenoxy) is 2. The van der Waals surface area contributed by atoms with Crippen LogP contribution in [0.2, 0.25) is 0 Å². The third-order valence-corrected chi connectivity index (χ3v) is 21.4. The van der Waals surface area contributed by atoms with Crippen molar-refractivity contribution in [2.24, 2.45) is 0 Å². The molecule has 1 heterocycles. The van der Waals surface area contributed by atoms with Crippen LogP contribution in [0.5, 0.6) is 0 Å². The van der Waals surface area contributed by atoms with Crippen molar-refractivity contribution in [1.82, 2.24) is 5.32 Å². The van der Waals surface area contributed by atoms with Gasteiger partial charge in [-0.15, -0.1) is 0 Å². The van der Waals surface area contributed by atoms with Crippen LogP contribution in [0.4, 0.5) is 0 Å². The van der Waals surface area contributed by atoms with Crippen LogP contribution in [0.3, 0.4) is 0 Å². The normalized spacial score (nSPS) is 17.4. The number of amides is 1. The molecule has 9 nitrogen and oxygen atoms in total. The summed E-state index contributed by atoms with van der Waals surface area (Å²) in [6.07, 6.45) is 94.0. The minimum absolute atomic E-state index is 0.164. The Morgan fingerprint density at radius 2 is 0.579 bits per heavy atom. The fourth-order valence-corrected chi connectivity index (χ4v) is 14.6. The van der Waals surface area contributed by atoms with Gasteiger partial charge in [-0.05, 0) is 19.3 Å². The standard InChI is InChI=1S/C86H169NO8/c1-3-5-7-9-11-13-15-17-19-21-23-25-27-29-31-33-35-37-38-39-40-41-42-44-46-48-50-52-54-56-58-60-62-64-66-68-70-72-74-76-82(90)87-79(78-94-86-85(93)84(92)83(91)81(77-88)95-86)80(89)75-73-71-69-67-65-63-61-59-57-55-53-51-49-47-45-43-36-34-32-30-28-26-24-22-20-18-16-14-12-10-8-6-4-2/h73,75,79-81,83-86,88-89,91-93H,3-72,74,76-78H2,1-2H3,(H,87,90)/b75-73+. The second kappa shape index (κ2) is 75.6. The Morgan fingerprint density at radius 3 is 0.821 bits per heavy atom. The molecule has 1 fully saturated rings. The van der Waals surface area contributed by atoms with E-state index in [0.29, 0.717) is 6.42 Å². The van der Waals surface area contributed by atoms with E-state index in [1.165, 1.54) is 417 Å². The van der Waals surface area contributed by atoms with E-state index in [2.05, 4.69) is 19.2 Å². The second-order valence-electron chi connectivity index (χ2n) is 30.7. The van der Waals surface area contributed by atoms with Gasteiger partial charge in [0.15, 0.2) is 6.29 Å². The van der Waals surface area contributed by atoms with Crippen LogP contribution in [-0.2, 0) is 14.3 Å². The smallest absolute Gasteiger partial charge is 0.220 e. The molecule has 95 heavy (non-hydrogen) atoms. The molecule has 7 atom stereocenters. The Labute approximate surface area is 592 Å². The van der Waals surface area contributed by atoms with Gasteiger partial charge in [0.05, 0.1) is 25.4 Å². The summed E-state index contributed by atoms with van der Waals surface area (Å²) < 4.78 is 11.4. The van der Waals surface area contributed by atoms with Crippen LogP contribution in [0.15, 0.2) is 12.2 Å². The maximum absolute atomic E-state index is 13.2. The van der Waals surface area contributed by atoms with Crippen LogP contribution in [0.25, 0.3) is 0 Å². The third-order valence-electron chi connectivity index (χ3n) is 21.4. The number of aliphatic hydroxyl groups excluding tert-OH is 5. The molecule has 0 aromatic rings. The number of nitrogens with one attached hydrogen (secondary N) is 1. The lowest BCUT2D eigenvalue weighted by Crippen LogP contribution is -2.60. The molecule has 0 aromatic heterocycles. The zero-order valence-electron chi connectivity index (χ0n) is 64.0. The fraction of sp³-hybridized carbons (Fsp3) is 0.965. The van der Waals surface area contributed by atoms with E-state index in [1.54, 1.807) is 6.08 Å². The highest BCUT2D eigenvalue weighted by Gasteiger charge is 2.44. The monoisotopic (exact) mass is 1340 g/mol. The summed E-state index contributed by atoms with van der Waals surface area (Å²) in [4.78, 5) is 13.2. The van der Waals surface area contributed by atoms with E-state index in [4.69, 9.17) is 9.47 Å². The van der Waals surface area contributed by atoms with E-state index < -0.39 is 49.5 Å². The molecule has 0 saturated carbocycles. The number of carbonyl (C=O) groups is 1. The summed E-state index contributed by atoms with van der Waals surface area (Å²) in [6, 6.07) is -0.804. The predicted octanol–water partition coefficient (Wildman–Crippen LogP) is 25.3. The largest absolute Gasteiger partial charge is 0.394 e. The first-order valence-corrected chi connectivity index (χ1v) is 43.4. The molecular weight excluding hydrogens is 1170 g/mol. The van der Waals surface area contributed by atoms with Gasteiger partial charge in [-0.2, -0.15) is 0 Å². The first-order valence-electron chi connectivity index (χ1n) is 43.4. The molecule has 1 amide bonds. The number of hydrogen-bond acceptors (Lipinski definition) is 8. The molecule has 9 heteroatoms. The number of allylic oxidation sites excluding steroid dienone is 1. The molecule has 6 N–H and O–H groups in total. The summed E-state index contributed by atoms with van der Waals surface area (Å²) >= 11 is 0. The van der Waals surface area contributed by atoms with Crippen molar-refractivity contribution in [1.29, 1.82) is 0 Å². The van der Waals surface area contributed by atoms with Crippen molar-refractivity contribution in [2.45, 2.75) is 519 Å². The second-order valence-corrected chi connectivity index (χ2v) is 30.7. The molecule has 0 spiro atoms. The minimum atomic E-state index is -1.57. The number of carbonyl (C=O) groups excluding carboxylic acids is 1. The van der Waals surface area contributed by atoms with E-state index in [1.807, 2.05) is 6.08 Å².